The van der Waals surface area contributed by atoms with Gasteiger partial charge in [0.15, 0.2) is 18.5 Å². The van der Waals surface area contributed by atoms with Crippen LogP contribution in [0.5, 0.6) is 5.75 Å². The average Bonchev–Trinajstić information content (AvgIpc) is 2.84. The van der Waals surface area contributed by atoms with E-state index in [0.29, 0.717) is 37.5 Å². The van der Waals surface area contributed by atoms with E-state index in [0.717, 1.165) is 12.8 Å². The summed E-state index contributed by atoms with van der Waals surface area (Å²) in [6.45, 7) is 5.85. The Morgan fingerprint density at radius 2 is 1.74 bits per heavy atom. The Bertz CT molecular complexity index is 901. The lowest BCUT2D eigenvalue weighted by atomic mass is 10.0. The van der Waals surface area contributed by atoms with E-state index in [4.69, 9.17) is 25.8 Å². The first-order valence-corrected chi connectivity index (χ1v) is 12.2. The maximum atomic E-state index is 12.7. The fraction of sp³-hybridized carbons (Fsp3) is 0.583. The van der Waals surface area contributed by atoms with Crippen molar-refractivity contribution < 1.29 is 33.4 Å². The molecule has 0 unspecified atom stereocenters. The zero-order valence-corrected chi connectivity index (χ0v) is 20.9. The van der Waals surface area contributed by atoms with Gasteiger partial charge in [0, 0.05) is 37.8 Å². The van der Waals surface area contributed by atoms with E-state index in [1.54, 1.807) is 47.9 Å². The van der Waals surface area contributed by atoms with Crippen molar-refractivity contribution in [2.24, 2.45) is 0 Å². The Hall–Kier alpha value is -2.85. The number of likely N-dealkylation sites (tertiary alicyclic amines) is 1. The van der Waals surface area contributed by atoms with Crippen molar-refractivity contribution in [2.75, 3.05) is 51.9 Å². The standard InChI is InChI=1S/C24H32ClN3O7/c1-17(2)35-23(31)15-33-20-5-3-18(4-6-20)21(29)13-28-12-11-27(14-22(28)30)19-7-9-26(10-8-19)24(32)34-16-25/h3-6,17,19H,7-16H2,1-2H3. The van der Waals surface area contributed by atoms with Crippen molar-refractivity contribution in [3.8, 4) is 5.75 Å². The molecule has 10 nitrogen and oxygen atoms in total. The maximum Gasteiger partial charge on any atom is 0.410 e. The van der Waals surface area contributed by atoms with Gasteiger partial charge in [-0.15, -0.1) is 0 Å². The number of piperazine rings is 1. The van der Waals surface area contributed by atoms with Crippen molar-refractivity contribution in [1.29, 1.82) is 0 Å². The Kier molecular flexibility index (Phi) is 9.73. The highest BCUT2D eigenvalue weighted by Crippen LogP contribution is 2.20. The number of rotatable bonds is 9. The van der Waals surface area contributed by atoms with Crippen LogP contribution in [0, 0.1) is 0 Å². The number of amides is 2. The lowest BCUT2D eigenvalue weighted by molar-refractivity contribution is -0.149. The van der Waals surface area contributed by atoms with Crippen molar-refractivity contribution in [1.82, 2.24) is 14.7 Å². The van der Waals surface area contributed by atoms with Crippen LogP contribution in [0.2, 0.25) is 0 Å². The van der Waals surface area contributed by atoms with Crippen LogP contribution in [0.25, 0.3) is 0 Å². The van der Waals surface area contributed by atoms with Gasteiger partial charge in [0.25, 0.3) is 0 Å². The summed E-state index contributed by atoms with van der Waals surface area (Å²) in [5, 5.41) is 0. The topological polar surface area (TPSA) is 106 Å². The predicted octanol–water partition coefficient (Wildman–Crippen LogP) is 2.14. The molecule has 0 spiro atoms. The predicted molar refractivity (Wildman–Crippen MR) is 127 cm³/mol. The second-order valence-corrected chi connectivity index (χ2v) is 9.02. The molecule has 3 rings (SSSR count). The van der Waals surface area contributed by atoms with Crippen LogP contribution >= 0.6 is 11.6 Å². The van der Waals surface area contributed by atoms with Crippen LogP contribution in [0.1, 0.15) is 37.0 Å². The third-order valence-electron chi connectivity index (χ3n) is 6.00. The first-order valence-electron chi connectivity index (χ1n) is 11.7. The summed E-state index contributed by atoms with van der Waals surface area (Å²) < 4.78 is 15.2. The molecule has 2 aliphatic rings. The van der Waals surface area contributed by atoms with E-state index >= 15 is 0 Å². The number of alkyl halides is 1. The molecule has 1 aromatic rings. The molecule has 0 aromatic heterocycles. The Morgan fingerprint density at radius 3 is 2.34 bits per heavy atom. The van der Waals surface area contributed by atoms with Crippen LogP contribution in [-0.2, 0) is 19.1 Å². The van der Waals surface area contributed by atoms with E-state index in [9.17, 15) is 19.2 Å². The van der Waals surface area contributed by atoms with Crippen molar-refractivity contribution in [2.45, 2.75) is 38.8 Å². The van der Waals surface area contributed by atoms with Gasteiger partial charge in [0.1, 0.15) is 5.75 Å². The zero-order valence-electron chi connectivity index (χ0n) is 20.1. The molecule has 11 heteroatoms. The smallest absolute Gasteiger partial charge is 0.410 e. The molecule has 0 atom stereocenters. The first-order chi connectivity index (χ1) is 16.8. The van der Waals surface area contributed by atoms with E-state index in [-0.39, 0.29) is 49.6 Å². The highest BCUT2D eigenvalue weighted by molar-refractivity contribution is 6.17. The molecule has 0 radical (unpaired) electrons. The number of carbonyl (C=O) groups excluding carboxylic acids is 4. The third-order valence-corrected chi connectivity index (χ3v) is 6.11. The van der Waals surface area contributed by atoms with Crippen LogP contribution < -0.4 is 4.74 Å². The SMILES string of the molecule is CC(C)OC(=O)COc1ccc(C(=O)CN2CCN(C3CCN(C(=O)OCCl)CC3)CC2=O)cc1. The van der Waals surface area contributed by atoms with Gasteiger partial charge in [-0.25, -0.2) is 9.59 Å². The second-order valence-electron chi connectivity index (χ2n) is 8.80. The number of hydrogen-bond donors (Lipinski definition) is 0. The summed E-state index contributed by atoms with van der Waals surface area (Å²) >= 11 is 5.45. The highest BCUT2D eigenvalue weighted by atomic mass is 35.5. The Morgan fingerprint density at radius 1 is 1.06 bits per heavy atom. The van der Waals surface area contributed by atoms with Gasteiger partial charge in [-0.05, 0) is 51.0 Å². The zero-order chi connectivity index (χ0) is 25.4. The number of halogens is 1. The highest BCUT2D eigenvalue weighted by Gasteiger charge is 2.33. The summed E-state index contributed by atoms with van der Waals surface area (Å²) in [6.07, 6.45) is 0.891. The molecule has 0 N–H and O–H groups in total. The second kappa shape index (κ2) is 12.7. The van der Waals surface area contributed by atoms with E-state index < -0.39 is 12.1 Å². The molecule has 2 heterocycles. The minimum atomic E-state index is -0.461. The summed E-state index contributed by atoms with van der Waals surface area (Å²) in [4.78, 5) is 54.1. The monoisotopic (exact) mass is 509 g/mol. The number of Topliss-reactive ketones (excluding diaryl/α,β-unsaturated/α-hetero) is 1. The molecule has 2 saturated heterocycles. The Labute approximate surface area is 210 Å². The summed E-state index contributed by atoms with van der Waals surface area (Å²) in [6, 6.07) is 6.52. The number of nitrogens with zero attached hydrogens (tertiary/aromatic N) is 3. The maximum absolute atomic E-state index is 12.7. The number of ether oxygens (including phenoxy) is 3. The summed E-state index contributed by atoms with van der Waals surface area (Å²) in [5.74, 6) is -0.257. The fourth-order valence-electron chi connectivity index (χ4n) is 4.20. The molecular formula is C24H32ClN3O7. The van der Waals surface area contributed by atoms with E-state index in [2.05, 4.69) is 4.90 Å². The normalized spacial score (nSPS) is 17.4. The fourth-order valence-corrected chi connectivity index (χ4v) is 4.29. The molecule has 0 bridgehead atoms. The number of esters is 1. The number of hydrogen-bond acceptors (Lipinski definition) is 8. The van der Waals surface area contributed by atoms with E-state index in [1.807, 2.05) is 0 Å². The van der Waals surface area contributed by atoms with Gasteiger partial charge in [-0.2, -0.15) is 0 Å². The van der Waals surface area contributed by atoms with Crippen LogP contribution in [0.4, 0.5) is 4.79 Å². The average molecular weight is 510 g/mol. The summed E-state index contributed by atoms with van der Waals surface area (Å²) in [7, 11) is 0. The molecule has 2 aliphatic heterocycles. The molecular weight excluding hydrogens is 478 g/mol. The van der Waals surface area contributed by atoms with Gasteiger partial charge in [0.05, 0.1) is 19.2 Å². The van der Waals surface area contributed by atoms with E-state index in [1.165, 1.54) is 0 Å². The summed E-state index contributed by atoms with van der Waals surface area (Å²) in [5.41, 5.74) is 0.466. The largest absolute Gasteiger partial charge is 0.482 e. The van der Waals surface area contributed by atoms with Crippen LogP contribution in [-0.4, -0.2) is 103 Å². The lowest BCUT2D eigenvalue weighted by Crippen LogP contribution is -2.56. The van der Waals surface area contributed by atoms with Crippen molar-refractivity contribution in [3.05, 3.63) is 29.8 Å². The molecule has 0 saturated carbocycles. The molecule has 2 amide bonds. The minimum Gasteiger partial charge on any atom is -0.482 e. The van der Waals surface area contributed by atoms with Gasteiger partial charge in [-0.3, -0.25) is 14.5 Å². The van der Waals surface area contributed by atoms with Gasteiger partial charge >= 0.3 is 12.1 Å². The van der Waals surface area contributed by atoms with Crippen molar-refractivity contribution in [3.63, 3.8) is 0 Å². The minimum absolute atomic E-state index is 0.0102. The number of benzene rings is 1. The van der Waals surface area contributed by atoms with Gasteiger partial charge < -0.3 is 24.0 Å². The van der Waals surface area contributed by atoms with Crippen LogP contribution in [0.3, 0.4) is 0 Å². The first kappa shape index (κ1) is 26.7. The molecule has 192 valence electrons. The van der Waals surface area contributed by atoms with Gasteiger partial charge in [0.2, 0.25) is 5.91 Å². The number of piperidine rings is 1. The van der Waals surface area contributed by atoms with Gasteiger partial charge in [-0.1, -0.05) is 11.6 Å². The molecule has 2 fully saturated rings. The molecule has 1 aromatic carbocycles. The van der Waals surface area contributed by atoms with Crippen molar-refractivity contribution >= 4 is 35.4 Å². The number of carbonyl (C=O) groups is 4. The van der Waals surface area contributed by atoms with Crippen LogP contribution in [0.15, 0.2) is 24.3 Å². The lowest BCUT2D eigenvalue weighted by Gasteiger charge is -2.41. The molecule has 0 aliphatic carbocycles. The molecule has 35 heavy (non-hydrogen) atoms. The Balaban J connectivity index is 1.43. The third kappa shape index (κ3) is 7.83. The quantitative estimate of drug-likeness (QED) is 0.283. The number of ketones is 1.